The molecule has 1 aromatic carbocycles. The molecule has 0 saturated heterocycles. The van der Waals surface area contributed by atoms with Crippen molar-refractivity contribution in [3.8, 4) is 0 Å². The van der Waals surface area contributed by atoms with Crippen LogP contribution in [0.3, 0.4) is 0 Å². The molecule has 2 aromatic rings. The highest BCUT2D eigenvalue weighted by atomic mass is 19.3. The molecule has 1 aromatic heterocycles. The van der Waals surface area contributed by atoms with Gasteiger partial charge in [-0.3, -0.25) is 5.10 Å². The Hall–Kier alpha value is -1.56. The summed E-state index contributed by atoms with van der Waals surface area (Å²) in [4.78, 5) is 0. The van der Waals surface area contributed by atoms with Gasteiger partial charge in [-0.1, -0.05) is 17.3 Å². The first-order valence-electron chi connectivity index (χ1n) is 4.34. The molecule has 0 amide bonds. The maximum absolute atomic E-state index is 12.6. The molecule has 4 nitrogen and oxygen atoms in total. The number of aromatic nitrogens is 3. The number of aromatic amines is 1. The van der Waals surface area contributed by atoms with E-state index < -0.39 is 12.5 Å². The van der Waals surface area contributed by atoms with E-state index in [0.29, 0.717) is 16.6 Å². The van der Waals surface area contributed by atoms with Gasteiger partial charge < -0.3 is 4.74 Å². The van der Waals surface area contributed by atoms with Crippen LogP contribution in [0.15, 0.2) is 18.2 Å². The minimum absolute atomic E-state index is 0.370. The second-order valence-electron chi connectivity index (χ2n) is 3.04. The molecule has 1 heterocycles. The number of hydrogen-bond acceptors (Lipinski definition) is 3. The van der Waals surface area contributed by atoms with Crippen molar-refractivity contribution in [3.63, 3.8) is 0 Å². The van der Waals surface area contributed by atoms with E-state index in [1.54, 1.807) is 18.2 Å². The summed E-state index contributed by atoms with van der Waals surface area (Å²) in [5.41, 5.74) is 1.41. The minimum Gasteiger partial charge on any atom is -0.371 e. The van der Waals surface area contributed by atoms with Crippen molar-refractivity contribution >= 4 is 11.0 Å². The number of methoxy groups -OCH3 is 1. The summed E-state index contributed by atoms with van der Waals surface area (Å²) in [6.07, 6.45) is -3.83. The van der Waals surface area contributed by atoms with E-state index in [4.69, 9.17) is 4.74 Å². The molecular formula is C9H9F2N3O. The second-order valence-corrected chi connectivity index (χ2v) is 3.04. The molecule has 2 rings (SSSR count). The summed E-state index contributed by atoms with van der Waals surface area (Å²) >= 11 is 0. The Morgan fingerprint density at radius 2 is 2.20 bits per heavy atom. The van der Waals surface area contributed by atoms with Crippen LogP contribution >= 0.6 is 0 Å². The average Bonchev–Trinajstić information content (AvgIpc) is 2.66. The van der Waals surface area contributed by atoms with Crippen molar-refractivity contribution in [1.29, 1.82) is 0 Å². The third-order valence-electron chi connectivity index (χ3n) is 2.18. The van der Waals surface area contributed by atoms with E-state index in [0.717, 1.165) is 0 Å². The highest BCUT2D eigenvalue weighted by Gasteiger charge is 2.24. The van der Waals surface area contributed by atoms with Crippen LogP contribution in [0, 0.1) is 0 Å². The highest BCUT2D eigenvalue weighted by Crippen LogP contribution is 2.28. The Labute approximate surface area is 84.2 Å². The third kappa shape index (κ3) is 1.68. The fourth-order valence-electron chi connectivity index (χ4n) is 1.49. The maximum atomic E-state index is 12.6. The number of halogens is 2. The van der Waals surface area contributed by atoms with Crippen LogP contribution < -0.4 is 0 Å². The van der Waals surface area contributed by atoms with Gasteiger partial charge in [-0.25, -0.2) is 8.78 Å². The zero-order chi connectivity index (χ0) is 10.8. The maximum Gasteiger partial charge on any atom is 0.268 e. The summed E-state index contributed by atoms with van der Waals surface area (Å²) in [5, 5.41) is 9.90. The predicted molar refractivity (Wildman–Crippen MR) is 49.6 cm³/mol. The first-order chi connectivity index (χ1) is 7.24. The van der Waals surface area contributed by atoms with Crippen LogP contribution in [0.1, 0.15) is 11.7 Å². The molecule has 1 N–H and O–H groups in total. The fourth-order valence-corrected chi connectivity index (χ4v) is 1.49. The van der Waals surface area contributed by atoms with Crippen LogP contribution in [0.5, 0.6) is 0 Å². The van der Waals surface area contributed by atoms with Crippen molar-refractivity contribution in [1.82, 2.24) is 15.4 Å². The average molecular weight is 213 g/mol. The number of ether oxygens (including phenoxy) is 1. The largest absolute Gasteiger partial charge is 0.371 e. The summed E-state index contributed by atoms with van der Waals surface area (Å²) < 4.78 is 30.0. The van der Waals surface area contributed by atoms with Gasteiger partial charge in [0.2, 0.25) is 0 Å². The monoisotopic (exact) mass is 213 g/mol. The molecule has 0 aliphatic carbocycles. The van der Waals surface area contributed by atoms with Crippen molar-refractivity contribution in [2.75, 3.05) is 7.11 Å². The van der Waals surface area contributed by atoms with Crippen molar-refractivity contribution in [2.24, 2.45) is 0 Å². The normalized spacial score (nSPS) is 13.6. The van der Waals surface area contributed by atoms with Crippen molar-refractivity contribution in [2.45, 2.75) is 12.5 Å². The van der Waals surface area contributed by atoms with Crippen LogP contribution in [0.4, 0.5) is 8.78 Å². The number of alkyl halides is 2. The molecule has 80 valence electrons. The zero-order valence-corrected chi connectivity index (χ0v) is 7.95. The number of hydrogen-bond donors (Lipinski definition) is 1. The molecule has 0 spiro atoms. The number of rotatable bonds is 3. The number of para-hydroxylation sites is 1. The van der Waals surface area contributed by atoms with Crippen LogP contribution in [0.25, 0.3) is 11.0 Å². The quantitative estimate of drug-likeness (QED) is 0.847. The Kier molecular flexibility index (Phi) is 2.59. The highest BCUT2D eigenvalue weighted by molar-refractivity contribution is 5.77. The van der Waals surface area contributed by atoms with Crippen molar-refractivity contribution < 1.29 is 13.5 Å². The Morgan fingerprint density at radius 3 is 2.87 bits per heavy atom. The molecule has 0 aliphatic heterocycles. The summed E-state index contributed by atoms with van der Waals surface area (Å²) in [6.45, 7) is 0. The van der Waals surface area contributed by atoms with E-state index >= 15 is 0 Å². The van der Waals surface area contributed by atoms with E-state index in [-0.39, 0.29) is 0 Å². The lowest BCUT2D eigenvalue weighted by molar-refractivity contribution is -0.0335. The van der Waals surface area contributed by atoms with Gasteiger partial charge in [-0.2, -0.15) is 0 Å². The summed E-state index contributed by atoms with van der Waals surface area (Å²) in [7, 11) is 1.25. The standard InChI is InChI=1S/C9H9F2N3O/c1-15-8(9(10)11)5-3-2-4-6-7(5)13-14-12-6/h2-4,8-9H,1H3,(H,12,13,14). The topological polar surface area (TPSA) is 50.8 Å². The second kappa shape index (κ2) is 3.90. The molecular weight excluding hydrogens is 204 g/mol. The van der Waals surface area contributed by atoms with E-state index in [1.165, 1.54) is 7.11 Å². The van der Waals surface area contributed by atoms with Crippen molar-refractivity contribution in [3.05, 3.63) is 23.8 Å². The van der Waals surface area contributed by atoms with Gasteiger partial charge in [0.25, 0.3) is 6.43 Å². The van der Waals surface area contributed by atoms with Crippen LogP contribution in [-0.2, 0) is 4.74 Å². The third-order valence-corrected chi connectivity index (χ3v) is 2.18. The van der Waals surface area contributed by atoms with Gasteiger partial charge in [0.15, 0.2) is 0 Å². The predicted octanol–water partition coefficient (Wildman–Crippen LogP) is 1.91. The van der Waals surface area contributed by atoms with Gasteiger partial charge in [0.1, 0.15) is 11.6 Å². The Bertz CT molecular complexity index is 457. The summed E-state index contributed by atoms with van der Waals surface area (Å²) in [5.74, 6) is 0. The Morgan fingerprint density at radius 1 is 1.40 bits per heavy atom. The van der Waals surface area contributed by atoms with Crippen LogP contribution in [-0.4, -0.2) is 28.9 Å². The lowest BCUT2D eigenvalue weighted by Gasteiger charge is -2.14. The van der Waals surface area contributed by atoms with Gasteiger partial charge in [0, 0.05) is 12.7 Å². The molecule has 0 radical (unpaired) electrons. The number of nitrogens with one attached hydrogen (secondary N) is 1. The molecule has 0 saturated carbocycles. The number of fused-ring (bicyclic) bond motifs is 1. The molecule has 0 aliphatic rings. The van der Waals surface area contributed by atoms with Gasteiger partial charge >= 0.3 is 0 Å². The number of benzene rings is 1. The Balaban J connectivity index is 2.54. The minimum atomic E-state index is -2.58. The smallest absolute Gasteiger partial charge is 0.268 e. The zero-order valence-electron chi connectivity index (χ0n) is 7.95. The molecule has 1 atom stereocenters. The van der Waals surface area contributed by atoms with Gasteiger partial charge in [-0.15, -0.1) is 5.10 Å². The lowest BCUT2D eigenvalue weighted by atomic mass is 10.1. The molecule has 15 heavy (non-hydrogen) atoms. The SMILES string of the molecule is COC(c1cccc2nn[nH]c12)C(F)F. The fraction of sp³-hybridized carbons (Fsp3) is 0.333. The summed E-state index contributed by atoms with van der Waals surface area (Å²) in [6, 6.07) is 4.91. The first-order valence-corrected chi connectivity index (χ1v) is 4.34. The number of H-pyrrole nitrogens is 1. The van der Waals surface area contributed by atoms with E-state index in [9.17, 15) is 8.78 Å². The molecule has 0 bridgehead atoms. The lowest BCUT2D eigenvalue weighted by Crippen LogP contribution is -2.11. The van der Waals surface area contributed by atoms with Gasteiger partial charge in [0.05, 0.1) is 5.52 Å². The molecule has 1 unspecified atom stereocenters. The van der Waals surface area contributed by atoms with E-state index in [2.05, 4.69) is 15.4 Å². The first kappa shape index (κ1) is 9.97. The van der Waals surface area contributed by atoms with Gasteiger partial charge in [-0.05, 0) is 6.07 Å². The molecule has 0 fully saturated rings. The van der Waals surface area contributed by atoms with E-state index in [1.807, 2.05) is 0 Å². The number of nitrogens with zero attached hydrogens (tertiary/aromatic N) is 2. The molecule has 6 heteroatoms. The van der Waals surface area contributed by atoms with Crippen LogP contribution in [0.2, 0.25) is 0 Å².